The third kappa shape index (κ3) is 2.30. The maximum Gasteiger partial charge on any atom is 0.258 e. The normalized spacial score (nSPS) is 16.2. The fourth-order valence-electron chi connectivity index (χ4n) is 2.45. The molecule has 17 heavy (non-hydrogen) atoms. The van der Waals surface area contributed by atoms with Gasteiger partial charge in [-0.3, -0.25) is 0 Å². The molecule has 1 N–H and O–H groups in total. The first-order chi connectivity index (χ1) is 8.42. The largest absolute Gasteiger partial charge is 0.436 e. The van der Waals surface area contributed by atoms with Gasteiger partial charge in [-0.25, -0.2) is 0 Å². The lowest BCUT2D eigenvalue weighted by molar-refractivity contribution is 0.460. The van der Waals surface area contributed by atoms with Gasteiger partial charge in [-0.05, 0) is 36.5 Å². The lowest BCUT2D eigenvalue weighted by Gasteiger charge is -2.10. The molecular weight excluding hydrogens is 214 g/mol. The van der Waals surface area contributed by atoms with Gasteiger partial charge in [0, 0.05) is 0 Å². The Morgan fingerprint density at radius 2 is 2.12 bits per heavy atom. The summed E-state index contributed by atoms with van der Waals surface area (Å²) in [6.45, 7) is 0. The second-order valence-corrected chi connectivity index (χ2v) is 4.46. The van der Waals surface area contributed by atoms with Crippen LogP contribution in [0.3, 0.4) is 0 Å². The van der Waals surface area contributed by atoms with Gasteiger partial charge < -0.3 is 4.74 Å². The molecule has 1 fully saturated rings. The third-order valence-electron chi connectivity index (χ3n) is 3.30. The Morgan fingerprint density at radius 3 is 2.88 bits per heavy atom. The van der Waals surface area contributed by atoms with Gasteiger partial charge in [-0.15, -0.1) is 5.10 Å². The smallest absolute Gasteiger partial charge is 0.258 e. The molecule has 2 aromatic rings. The maximum absolute atomic E-state index is 5.61. The van der Waals surface area contributed by atoms with Gasteiger partial charge in [0.15, 0.2) is 0 Å². The van der Waals surface area contributed by atoms with Gasteiger partial charge in [-0.2, -0.15) is 10.3 Å². The lowest BCUT2D eigenvalue weighted by atomic mass is 9.98. The first-order valence-electron chi connectivity index (χ1n) is 6.05. The first-order valence-corrected chi connectivity index (χ1v) is 6.05. The Morgan fingerprint density at radius 1 is 1.24 bits per heavy atom. The van der Waals surface area contributed by atoms with Crippen LogP contribution in [0.15, 0.2) is 30.5 Å². The molecule has 4 nitrogen and oxygen atoms in total. The van der Waals surface area contributed by atoms with Crippen LogP contribution >= 0.6 is 0 Å². The fraction of sp³-hybridized carbons (Fsp3) is 0.385. The molecule has 1 heterocycles. The summed E-state index contributed by atoms with van der Waals surface area (Å²) in [4.78, 5) is 0. The molecule has 1 aliphatic rings. The zero-order valence-electron chi connectivity index (χ0n) is 9.60. The Kier molecular flexibility index (Phi) is 2.78. The van der Waals surface area contributed by atoms with Crippen molar-refractivity contribution in [1.29, 1.82) is 0 Å². The topological polar surface area (TPSA) is 50.8 Å². The lowest BCUT2D eigenvalue weighted by Crippen LogP contribution is -1.93. The van der Waals surface area contributed by atoms with Crippen LogP contribution < -0.4 is 4.74 Å². The van der Waals surface area contributed by atoms with Crippen LogP contribution in [0.5, 0.6) is 11.6 Å². The Labute approximate surface area is 100 Å². The number of nitrogens with one attached hydrogen (secondary N) is 1. The Balaban J connectivity index is 1.78. The fourth-order valence-corrected chi connectivity index (χ4v) is 2.45. The van der Waals surface area contributed by atoms with Crippen LogP contribution in [0.4, 0.5) is 0 Å². The van der Waals surface area contributed by atoms with Gasteiger partial charge in [-0.1, -0.05) is 25.0 Å². The van der Waals surface area contributed by atoms with E-state index in [4.69, 9.17) is 4.74 Å². The predicted molar refractivity (Wildman–Crippen MR) is 64.1 cm³/mol. The van der Waals surface area contributed by atoms with E-state index in [1.54, 1.807) is 6.20 Å². The summed E-state index contributed by atoms with van der Waals surface area (Å²) in [7, 11) is 0. The van der Waals surface area contributed by atoms with Gasteiger partial charge in [0.25, 0.3) is 5.88 Å². The summed E-state index contributed by atoms with van der Waals surface area (Å²) in [5, 5.41) is 10.1. The van der Waals surface area contributed by atoms with E-state index in [1.807, 2.05) is 12.1 Å². The van der Waals surface area contributed by atoms with E-state index in [1.165, 1.54) is 31.2 Å². The quantitative estimate of drug-likeness (QED) is 0.878. The van der Waals surface area contributed by atoms with E-state index >= 15 is 0 Å². The molecular formula is C13H15N3O. The van der Waals surface area contributed by atoms with E-state index in [-0.39, 0.29) is 0 Å². The standard InChI is InChI=1S/C13H15N3O/c1-2-5-10(4-1)11-6-3-7-12(8-11)17-13-9-14-16-15-13/h3,6-10H,1-2,4-5H2,(H,14,15,16). The molecule has 0 bridgehead atoms. The SMILES string of the molecule is c1cc(Oc2cn[nH]n2)cc(C2CCCC2)c1. The first kappa shape index (κ1) is 10.3. The number of aromatic nitrogens is 3. The Hall–Kier alpha value is -1.84. The molecule has 0 radical (unpaired) electrons. The van der Waals surface area contributed by atoms with Crippen LogP contribution in [-0.4, -0.2) is 15.4 Å². The number of nitrogens with zero attached hydrogens (tertiary/aromatic N) is 2. The number of hydrogen-bond acceptors (Lipinski definition) is 3. The van der Waals surface area contributed by atoms with Crippen LogP contribution in [0.2, 0.25) is 0 Å². The third-order valence-corrected chi connectivity index (χ3v) is 3.30. The summed E-state index contributed by atoms with van der Waals surface area (Å²) >= 11 is 0. The minimum Gasteiger partial charge on any atom is -0.436 e. The zero-order chi connectivity index (χ0) is 11.5. The van der Waals surface area contributed by atoms with Crippen molar-refractivity contribution in [2.45, 2.75) is 31.6 Å². The average Bonchev–Trinajstić information content (AvgIpc) is 3.01. The van der Waals surface area contributed by atoms with Crippen LogP contribution in [0.25, 0.3) is 0 Å². The number of ether oxygens (including phenoxy) is 1. The molecule has 1 aromatic carbocycles. The molecule has 1 aliphatic carbocycles. The van der Waals surface area contributed by atoms with Crippen molar-refractivity contribution in [2.75, 3.05) is 0 Å². The van der Waals surface area contributed by atoms with Gasteiger partial charge in [0.1, 0.15) is 11.9 Å². The minimum atomic E-state index is 0.508. The van der Waals surface area contributed by atoms with Crippen molar-refractivity contribution in [3.63, 3.8) is 0 Å². The second-order valence-electron chi connectivity index (χ2n) is 4.46. The van der Waals surface area contributed by atoms with E-state index in [0.29, 0.717) is 11.8 Å². The number of rotatable bonds is 3. The van der Waals surface area contributed by atoms with E-state index in [0.717, 1.165) is 5.75 Å². The van der Waals surface area contributed by atoms with Crippen molar-refractivity contribution in [2.24, 2.45) is 0 Å². The highest BCUT2D eigenvalue weighted by atomic mass is 16.5. The molecule has 4 heteroatoms. The summed E-state index contributed by atoms with van der Waals surface area (Å²) in [5.41, 5.74) is 1.38. The van der Waals surface area contributed by atoms with Crippen molar-refractivity contribution in [3.8, 4) is 11.6 Å². The van der Waals surface area contributed by atoms with Crippen molar-refractivity contribution in [3.05, 3.63) is 36.0 Å². The van der Waals surface area contributed by atoms with Gasteiger partial charge in [0.05, 0.1) is 0 Å². The predicted octanol–water partition coefficient (Wildman–Crippen LogP) is 3.25. The maximum atomic E-state index is 5.61. The minimum absolute atomic E-state index is 0.508. The van der Waals surface area contributed by atoms with Crippen molar-refractivity contribution < 1.29 is 4.74 Å². The van der Waals surface area contributed by atoms with Crippen LogP contribution in [0.1, 0.15) is 37.2 Å². The average molecular weight is 229 g/mol. The summed E-state index contributed by atoms with van der Waals surface area (Å²) < 4.78 is 5.61. The molecule has 3 rings (SSSR count). The molecule has 0 spiro atoms. The van der Waals surface area contributed by atoms with Crippen LogP contribution in [-0.2, 0) is 0 Å². The molecule has 0 unspecified atom stereocenters. The number of H-pyrrole nitrogens is 1. The van der Waals surface area contributed by atoms with Crippen molar-refractivity contribution >= 4 is 0 Å². The summed E-state index contributed by atoms with van der Waals surface area (Å²) in [6.07, 6.45) is 6.86. The van der Waals surface area contributed by atoms with E-state index < -0.39 is 0 Å². The van der Waals surface area contributed by atoms with Crippen molar-refractivity contribution in [1.82, 2.24) is 15.4 Å². The molecule has 0 saturated heterocycles. The number of hydrogen-bond donors (Lipinski definition) is 1. The summed E-state index contributed by atoms with van der Waals surface area (Å²) in [6, 6.07) is 8.30. The molecule has 1 aromatic heterocycles. The highest BCUT2D eigenvalue weighted by molar-refractivity contribution is 5.33. The zero-order valence-corrected chi connectivity index (χ0v) is 9.60. The molecule has 0 atom stereocenters. The second kappa shape index (κ2) is 4.57. The highest BCUT2D eigenvalue weighted by Crippen LogP contribution is 2.35. The van der Waals surface area contributed by atoms with E-state index in [2.05, 4.69) is 27.5 Å². The molecule has 88 valence electrons. The van der Waals surface area contributed by atoms with Crippen LogP contribution in [0, 0.1) is 0 Å². The van der Waals surface area contributed by atoms with E-state index in [9.17, 15) is 0 Å². The number of aromatic amines is 1. The highest BCUT2D eigenvalue weighted by Gasteiger charge is 2.17. The Bertz CT molecular complexity index is 475. The number of benzene rings is 1. The monoisotopic (exact) mass is 229 g/mol. The molecule has 0 aliphatic heterocycles. The van der Waals surface area contributed by atoms with Gasteiger partial charge in [0.2, 0.25) is 0 Å². The van der Waals surface area contributed by atoms with Gasteiger partial charge >= 0.3 is 0 Å². The molecule has 0 amide bonds. The molecule has 1 saturated carbocycles. The summed E-state index contributed by atoms with van der Waals surface area (Å²) in [5.74, 6) is 2.05.